The van der Waals surface area contributed by atoms with Crippen molar-refractivity contribution in [2.75, 3.05) is 19.8 Å². The Kier molecular flexibility index (Phi) is 7.37. The van der Waals surface area contributed by atoms with Crippen LogP contribution in [-0.4, -0.2) is 36.4 Å². The van der Waals surface area contributed by atoms with Gasteiger partial charge in [0.05, 0.1) is 0 Å². The van der Waals surface area contributed by atoms with Gasteiger partial charge in [-0.05, 0) is 42.8 Å². The first kappa shape index (κ1) is 21.3. The van der Waals surface area contributed by atoms with Crippen LogP contribution >= 0.6 is 0 Å². The maximum atomic E-state index is 6.29. The van der Waals surface area contributed by atoms with Gasteiger partial charge in [-0.1, -0.05) is 41.5 Å². The minimum atomic E-state index is -1.70. The van der Waals surface area contributed by atoms with Crippen molar-refractivity contribution in [1.29, 1.82) is 0 Å². The van der Waals surface area contributed by atoms with E-state index in [-0.39, 0.29) is 10.1 Å². The van der Waals surface area contributed by atoms with Crippen LogP contribution in [0.4, 0.5) is 0 Å². The summed E-state index contributed by atoms with van der Waals surface area (Å²) in [6.07, 6.45) is 0. The van der Waals surface area contributed by atoms with Gasteiger partial charge in [-0.3, -0.25) is 0 Å². The summed E-state index contributed by atoms with van der Waals surface area (Å²) >= 11 is 0. The molecule has 0 saturated carbocycles. The van der Waals surface area contributed by atoms with Crippen molar-refractivity contribution >= 4 is 16.6 Å². The van der Waals surface area contributed by atoms with Crippen LogP contribution < -0.4 is 5.73 Å². The molecule has 0 rings (SSSR count). The smallest absolute Gasteiger partial charge is 0.191 e. The van der Waals surface area contributed by atoms with Gasteiger partial charge in [0.1, 0.15) is 0 Å². The Morgan fingerprint density at radius 3 is 1.24 bits per heavy atom. The average molecular weight is 334 g/mol. The summed E-state index contributed by atoms with van der Waals surface area (Å²) in [7, 11) is -3.39. The van der Waals surface area contributed by atoms with Gasteiger partial charge in [-0.2, -0.15) is 0 Å². The van der Waals surface area contributed by atoms with Gasteiger partial charge < -0.3 is 14.6 Å². The molecule has 0 spiro atoms. The van der Waals surface area contributed by atoms with E-state index in [1.165, 1.54) is 0 Å². The molecule has 0 aliphatic carbocycles. The van der Waals surface area contributed by atoms with Crippen molar-refractivity contribution in [3.63, 3.8) is 0 Å². The standard InChI is InChI=1S/C16H39NO2Si2/c1-15(2,3)20(7,8)18-12-14(11-17)13-19-21(9,10)16(4,5)6/h14H,11-13,17H2,1-10H3. The van der Waals surface area contributed by atoms with Crippen molar-refractivity contribution in [1.82, 2.24) is 0 Å². The third-order valence-electron chi connectivity index (χ3n) is 5.31. The number of hydrogen-bond donors (Lipinski definition) is 1. The highest BCUT2D eigenvalue weighted by atomic mass is 28.4. The van der Waals surface area contributed by atoms with E-state index in [4.69, 9.17) is 14.6 Å². The van der Waals surface area contributed by atoms with Crippen LogP contribution in [-0.2, 0) is 8.85 Å². The Balaban J connectivity index is 4.51. The van der Waals surface area contributed by atoms with Crippen LogP contribution in [0.5, 0.6) is 0 Å². The van der Waals surface area contributed by atoms with E-state index in [0.29, 0.717) is 12.5 Å². The Labute approximate surface area is 135 Å². The number of rotatable bonds is 7. The predicted molar refractivity (Wildman–Crippen MR) is 98.8 cm³/mol. The Morgan fingerprint density at radius 1 is 0.762 bits per heavy atom. The topological polar surface area (TPSA) is 44.5 Å². The molecular formula is C16H39NO2Si2. The highest BCUT2D eigenvalue weighted by molar-refractivity contribution is 6.74. The molecule has 3 nitrogen and oxygen atoms in total. The normalized spacial score (nSPS) is 14.9. The van der Waals surface area contributed by atoms with Gasteiger partial charge in [0.2, 0.25) is 0 Å². The summed E-state index contributed by atoms with van der Waals surface area (Å²) in [5.41, 5.74) is 5.92. The first-order valence-electron chi connectivity index (χ1n) is 8.12. The molecule has 0 aromatic carbocycles. The number of hydrogen-bond acceptors (Lipinski definition) is 3. The lowest BCUT2D eigenvalue weighted by Gasteiger charge is -2.39. The van der Waals surface area contributed by atoms with Crippen LogP contribution in [0.15, 0.2) is 0 Å². The minimum Gasteiger partial charge on any atom is -0.416 e. The lowest BCUT2D eigenvalue weighted by molar-refractivity contribution is 0.161. The summed E-state index contributed by atoms with van der Waals surface area (Å²) in [6, 6.07) is 0. The van der Waals surface area contributed by atoms with Crippen molar-refractivity contribution in [3.8, 4) is 0 Å². The summed E-state index contributed by atoms with van der Waals surface area (Å²) in [4.78, 5) is 0. The highest BCUT2D eigenvalue weighted by Crippen LogP contribution is 2.38. The van der Waals surface area contributed by atoms with Gasteiger partial charge in [-0.25, -0.2) is 0 Å². The van der Waals surface area contributed by atoms with Crippen LogP contribution in [0.25, 0.3) is 0 Å². The molecule has 0 atom stereocenters. The molecule has 0 fully saturated rings. The SMILES string of the molecule is CC(C)(C)[Si](C)(C)OCC(CN)CO[Si](C)(C)C(C)(C)C. The Hall–Kier alpha value is 0.314. The van der Waals surface area contributed by atoms with E-state index in [2.05, 4.69) is 67.7 Å². The van der Waals surface area contributed by atoms with Gasteiger partial charge in [0, 0.05) is 19.1 Å². The second-order valence-corrected chi connectivity index (χ2v) is 18.9. The fourth-order valence-corrected chi connectivity index (χ4v) is 3.44. The van der Waals surface area contributed by atoms with E-state index in [9.17, 15) is 0 Å². The third-order valence-corrected chi connectivity index (χ3v) is 14.3. The van der Waals surface area contributed by atoms with E-state index >= 15 is 0 Å². The molecule has 128 valence electrons. The minimum absolute atomic E-state index is 0.242. The quantitative estimate of drug-likeness (QED) is 0.692. The first-order valence-corrected chi connectivity index (χ1v) is 13.9. The fourth-order valence-electron chi connectivity index (χ4n) is 1.27. The van der Waals surface area contributed by atoms with Crippen LogP contribution in [0.1, 0.15) is 41.5 Å². The third kappa shape index (κ3) is 6.52. The fraction of sp³-hybridized carbons (Fsp3) is 1.00. The Morgan fingerprint density at radius 2 is 1.05 bits per heavy atom. The lowest BCUT2D eigenvalue weighted by Crippen LogP contribution is -2.45. The predicted octanol–water partition coefficient (Wildman–Crippen LogP) is 4.60. The molecule has 0 bridgehead atoms. The van der Waals surface area contributed by atoms with Crippen LogP contribution in [0.2, 0.25) is 36.3 Å². The molecule has 0 heterocycles. The van der Waals surface area contributed by atoms with E-state index < -0.39 is 16.6 Å². The lowest BCUT2D eigenvalue weighted by atomic mass is 10.2. The molecule has 0 amide bonds. The van der Waals surface area contributed by atoms with Crippen molar-refractivity contribution in [2.45, 2.75) is 77.8 Å². The maximum Gasteiger partial charge on any atom is 0.191 e. The summed E-state index contributed by atoms with van der Waals surface area (Å²) < 4.78 is 12.6. The average Bonchev–Trinajstić information content (AvgIpc) is 2.26. The molecule has 0 aliphatic heterocycles. The van der Waals surface area contributed by atoms with Gasteiger partial charge in [0.15, 0.2) is 16.6 Å². The van der Waals surface area contributed by atoms with E-state index in [1.807, 2.05) is 0 Å². The van der Waals surface area contributed by atoms with Gasteiger partial charge >= 0.3 is 0 Å². The largest absolute Gasteiger partial charge is 0.416 e. The molecule has 0 unspecified atom stereocenters. The molecular weight excluding hydrogens is 294 g/mol. The second-order valence-electron chi connectivity index (χ2n) is 9.24. The molecule has 0 aliphatic rings. The van der Waals surface area contributed by atoms with Gasteiger partial charge in [-0.15, -0.1) is 0 Å². The van der Waals surface area contributed by atoms with Crippen molar-refractivity contribution in [3.05, 3.63) is 0 Å². The van der Waals surface area contributed by atoms with Crippen molar-refractivity contribution < 1.29 is 8.85 Å². The highest BCUT2D eigenvalue weighted by Gasteiger charge is 2.39. The first-order chi connectivity index (χ1) is 9.14. The molecule has 0 aromatic heterocycles. The summed E-state index contributed by atoms with van der Waals surface area (Å²) in [5, 5.41) is 0.485. The zero-order chi connectivity index (χ0) is 17.1. The van der Waals surface area contributed by atoms with Crippen molar-refractivity contribution in [2.24, 2.45) is 11.7 Å². The molecule has 0 radical (unpaired) electrons. The Bertz CT molecular complexity index is 287. The van der Waals surface area contributed by atoms with Gasteiger partial charge in [0.25, 0.3) is 0 Å². The molecule has 0 saturated heterocycles. The second kappa shape index (κ2) is 7.26. The molecule has 2 N–H and O–H groups in total. The molecule has 0 aromatic rings. The number of nitrogens with two attached hydrogens (primary N) is 1. The van der Waals surface area contributed by atoms with Crippen LogP contribution in [0, 0.1) is 5.92 Å². The summed E-state index contributed by atoms with van der Waals surface area (Å²) in [5.74, 6) is 0.299. The van der Waals surface area contributed by atoms with E-state index in [1.54, 1.807) is 0 Å². The zero-order valence-corrected chi connectivity index (χ0v) is 18.1. The zero-order valence-electron chi connectivity index (χ0n) is 16.1. The van der Waals surface area contributed by atoms with Crippen LogP contribution in [0.3, 0.4) is 0 Å². The monoisotopic (exact) mass is 333 g/mol. The maximum absolute atomic E-state index is 6.29. The van der Waals surface area contributed by atoms with E-state index in [0.717, 1.165) is 13.2 Å². The molecule has 5 heteroatoms. The summed E-state index contributed by atoms with van der Waals surface area (Å²) in [6.45, 7) is 24.8. The molecule has 21 heavy (non-hydrogen) atoms.